The van der Waals surface area contributed by atoms with Gasteiger partial charge in [-0.3, -0.25) is 33.5 Å². The Morgan fingerprint density at radius 1 is 0.630 bits per heavy atom. The number of thiophene rings is 1. The summed E-state index contributed by atoms with van der Waals surface area (Å²) in [7, 11) is -3.67. The van der Waals surface area contributed by atoms with Crippen molar-refractivity contribution in [3.8, 4) is 34.2 Å². The Kier molecular flexibility index (Phi) is 22.1. The number of hydrogen-bond donors (Lipinski definition) is 5. The molecule has 4 aliphatic rings. The molecule has 22 heteroatoms. The summed E-state index contributed by atoms with van der Waals surface area (Å²) < 4.78 is 25.9. The summed E-state index contributed by atoms with van der Waals surface area (Å²) in [5, 5.41) is 9.05. The number of aromatic nitrogens is 6. The molecule has 7 aromatic rings. The van der Waals surface area contributed by atoms with Crippen LogP contribution in [0.3, 0.4) is 0 Å². The molecule has 423 valence electrons. The summed E-state index contributed by atoms with van der Waals surface area (Å²) in [6.07, 6.45) is 7.46. The fourth-order valence-electron chi connectivity index (χ4n) is 9.92. The molecule has 4 aliphatic heterocycles. The first-order chi connectivity index (χ1) is 38.7. The molecular weight excluding hydrogens is 1200 g/mol. The molecular formula is C59H66EuN12O7S2. The van der Waals surface area contributed by atoms with Crippen molar-refractivity contribution < 1.29 is 81.5 Å². The molecule has 0 spiro atoms. The van der Waals surface area contributed by atoms with Gasteiger partial charge in [-0.15, -0.1) is 11.3 Å². The van der Waals surface area contributed by atoms with Gasteiger partial charge in [-0.25, -0.2) is 29.9 Å². The van der Waals surface area contributed by atoms with Crippen LogP contribution in [0.15, 0.2) is 109 Å². The van der Waals surface area contributed by atoms with Gasteiger partial charge in [0.2, 0.25) is 11.8 Å². The van der Waals surface area contributed by atoms with Crippen LogP contribution in [0, 0.1) is 49.4 Å². The molecule has 11 rings (SSSR count). The van der Waals surface area contributed by atoms with E-state index in [0.29, 0.717) is 131 Å². The molecule has 0 aliphatic carbocycles. The van der Waals surface area contributed by atoms with E-state index in [4.69, 9.17) is 40.2 Å². The van der Waals surface area contributed by atoms with Crippen molar-refractivity contribution in [2.45, 2.75) is 116 Å². The SMILES string of the molecule is CS(=O)(=O)O.NCCNC(=O)CCCCCc1ccc(CNC(=O)C2CCCCCC(=O)c3cc4nc(c3)-c3cc(cc(n3)CN3Cc5cccc(n5)-c5cccc(n5)CN(Cc5cccc(n5)-c5cccc(n5)C3)C4)C(=O)N2)s1.[Eu]. The van der Waals surface area contributed by atoms with Crippen LogP contribution in [-0.4, -0.2) is 102 Å². The van der Waals surface area contributed by atoms with Gasteiger partial charge in [-0.1, -0.05) is 43.5 Å². The first kappa shape index (κ1) is 61.1. The largest absolute Gasteiger partial charge is 0.355 e. The van der Waals surface area contributed by atoms with E-state index in [2.05, 4.69) is 31.8 Å². The Bertz CT molecular complexity index is 3370. The van der Waals surface area contributed by atoms with Gasteiger partial charge in [0.25, 0.3) is 16.0 Å². The predicted molar refractivity (Wildman–Crippen MR) is 305 cm³/mol. The molecule has 6 N–H and O–H groups in total. The fourth-order valence-corrected chi connectivity index (χ4v) is 10.9. The number of amides is 3. The fraction of sp³-hybridized carbons (Fsp3) is 0.356. The van der Waals surface area contributed by atoms with Gasteiger partial charge in [0.05, 0.1) is 81.1 Å². The van der Waals surface area contributed by atoms with Crippen LogP contribution >= 0.6 is 11.3 Å². The Morgan fingerprint density at radius 2 is 1.11 bits per heavy atom. The molecule has 7 aromatic heterocycles. The molecule has 19 nitrogen and oxygen atoms in total. The van der Waals surface area contributed by atoms with E-state index >= 15 is 0 Å². The predicted octanol–water partition coefficient (Wildman–Crippen LogP) is 7.39. The van der Waals surface area contributed by atoms with Gasteiger partial charge < -0.3 is 21.7 Å². The number of nitrogens with zero attached hydrogens (tertiary/aromatic N) is 8. The normalized spacial score (nSPS) is 17.0. The summed E-state index contributed by atoms with van der Waals surface area (Å²) in [6, 6.07) is 34.5. The topological polar surface area (TPSA) is 269 Å². The quantitative estimate of drug-likeness (QED) is 0.0624. The van der Waals surface area contributed by atoms with Crippen LogP contribution < -0.4 is 21.7 Å². The van der Waals surface area contributed by atoms with Crippen molar-refractivity contribution in [1.29, 1.82) is 0 Å². The van der Waals surface area contributed by atoms with Crippen LogP contribution in [0.25, 0.3) is 34.2 Å². The average molecular weight is 1270 g/mol. The maximum absolute atomic E-state index is 14.8. The molecule has 0 saturated carbocycles. The molecule has 0 aromatic carbocycles. The summed E-state index contributed by atoms with van der Waals surface area (Å²) >= 11 is 1.66. The molecule has 16 bridgehead atoms. The van der Waals surface area contributed by atoms with Gasteiger partial charge >= 0.3 is 0 Å². The van der Waals surface area contributed by atoms with Gasteiger partial charge in [-0.2, -0.15) is 8.42 Å². The minimum atomic E-state index is -3.67. The number of Topliss-reactive ketones (excluding diaryl/α,β-unsaturated/α-hetero) is 1. The third-order valence-corrected chi connectivity index (χ3v) is 14.8. The number of aryl methyl sites for hydroxylation is 1. The van der Waals surface area contributed by atoms with Crippen molar-refractivity contribution in [1.82, 2.24) is 55.7 Å². The van der Waals surface area contributed by atoms with Gasteiger partial charge in [-0.05, 0) is 117 Å². The third kappa shape index (κ3) is 18.5. The maximum atomic E-state index is 14.8. The molecule has 3 amide bonds. The smallest absolute Gasteiger partial charge is 0.261 e. The molecule has 81 heavy (non-hydrogen) atoms. The number of pyridine rings is 6. The summed E-state index contributed by atoms with van der Waals surface area (Å²) in [4.78, 5) is 92.9. The molecule has 1 unspecified atom stereocenters. The number of ketones is 1. The number of carbonyl (C=O) groups is 4. The van der Waals surface area contributed by atoms with Crippen molar-refractivity contribution in [3.05, 3.63) is 164 Å². The van der Waals surface area contributed by atoms with Crippen molar-refractivity contribution >= 4 is 45.0 Å². The number of hydrogen-bond acceptors (Lipinski definition) is 16. The number of fused-ring (bicyclic) bond motifs is 2. The second-order valence-corrected chi connectivity index (χ2v) is 23.1. The Morgan fingerprint density at radius 3 is 1.64 bits per heavy atom. The third-order valence-electron chi connectivity index (χ3n) is 13.6. The minimum Gasteiger partial charge on any atom is -0.355 e. The van der Waals surface area contributed by atoms with Crippen molar-refractivity contribution in [3.63, 3.8) is 0 Å². The number of nitrogens with two attached hydrogens (primary N) is 1. The van der Waals surface area contributed by atoms with Gasteiger partial charge in [0.1, 0.15) is 6.04 Å². The van der Waals surface area contributed by atoms with Crippen molar-refractivity contribution in [2.75, 3.05) is 19.3 Å². The molecule has 11 heterocycles. The second kappa shape index (κ2) is 29.3. The van der Waals surface area contributed by atoms with Crippen LogP contribution in [-0.2, 0) is 71.9 Å². The van der Waals surface area contributed by atoms with E-state index < -0.39 is 22.1 Å². The Labute approximate surface area is 517 Å². The first-order valence-electron chi connectivity index (χ1n) is 27.1. The van der Waals surface area contributed by atoms with Crippen LogP contribution in [0.4, 0.5) is 0 Å². The van der Waals surface area contributed by atoms with Crippen LogP contribution in [0.2, 0.25) is 0 Å². The standard InChI is InChI=1S/C58H62N12O4S.CH4O3S.Eu/c59-25-26-60-56(72)22-6-1-3-15-46-23-24-47(75-46)31-61-58(74)52-16-4-2-5-21-55(71)38-27-44-36-69-32-40-11-7-17-48(62-40)50-19-9-13-42(64-50)34-70(35-43-14-10-20-51(65-43)49-18-8-12-41(33-69)63-49)37-45-28-39(57(73)68-52)30-54(67-45)53(29-38)66-44;1-5(2,3)4;/h7-14,17-20,23-24,27-30,52H,1-6,15-16,21-22,25-26,31-37,59H2,(H,60,72)(H,61,74)(H,68,73);1H3,(H,2,3,4);. The van der Waals surface area contributed by atoms with E-state index in [-0.39, 0.29) is 73.5 Å². The van der Waals surface area contributed by atoms with Gasteiger partial charge in [0, 0.05) is 135 Å². The Balaban J connectivity index is 0.00000137. The first-order valence-corrected chi connectivity index (χ1v) is 29.7. The summed E-state index contributed by atoms with van der Waals surface area (Å²) in [6.45, 7) is 3.58. The molecule has 1 radical (unpaired) electrons. The van der Waals surface area contributed by atoms with Gasteiger partial charge in [0.15, 0.2) is 5.78 Å². The van der Waals surface area contributed by atoms with E-state index in [1.54, 1.807) is 29.5 Å². The monoisotopic (exact) mass is 1270 g/mol. The number of carbonyl (C=O) groups excluding carboxylic acids is 4. The number of unbranched alkanes of at least 4 members (excludes halogenated alkanes) is 2. The van der Waals surface area contributed by atoms with E-state index in [1.165, 1.54) is 4.88 Å². The summed E-state index contributed by atoms with van der Waals surface area (Å²) in [5.74, 6) is -0.662. The molecule has 1 atom stereocenters. The van der Waals surface area contributed by atoms with E-state index in [1.807, 2.05) is 84.9 Å². The van der Waals surface area contributed by atoms with E-state index in [0.717, 1.165) is 76.1 Å². The second-order valence-electron chi connectivity index (χ2n) is 20.4. The maximum Gasteiger partial charge on any atom is 0.261 e. The minimum absolute atomic E-state index is 0. The molecule has 0 fully saturated rings. The zero-order valence-corrected chi connectivity index (χ0v) is 49.2. The van der Waals surface area contributed by atoms with Crippen LogP contribution in [0.1, 0.15) is 122 Å². The zero-order chi connectivity index (χ0) is 56.0. The molecule has 0 saturated heterocycles. The van der Waals surface area contributed by atoms with Crippen molar-refractivity contribution in [2.24, 2.45) is 5.73 Å². The van der Waals surface area contributed by atoms with Crippen LogP contribution in [0.5, 0.6) is 0 Å². The number of rotatable bonds is 11. The zero-order valence-electron chi connectivity index (χ0n) is 45.2. The number of nitrogens with one attached hydrogen (secondary N) is 3. The summed E-state index contributed by atoms with van der Waals surface area (Å²) in [5.41, 5.74) is 14.8. The average Bonchev–Trinajstić information content (AvgIpc) is 3.93. The Hall–Kier alpha value is -5.95. The van der Waals surface area contributed by atoms with E-state index in [9.17, 15) is 27.6 Å².